The van der Waals surface area contributed by atoms with E-state index in [1.54, 1.807) is 25.6 Å². The number of ether oxygens (including phenoxy) is 3. The van der Waals surface area contributed by atoms with E-state index in [-0.39, 0.29) is 19.8 Å². The molecular formula is C15H16O5S2. The average Bonchev–Trinajstić information content (AvgIpc) is 2.49. The van der Waals surface area contributed by atoms with Gasteiger partial charge < -0.3 is 14.2 Å². The van der Waals surface area contributed by atoms with Crippen LogP contribution in [0.5, 0.6) is 0 Å². The van der Waals surface area contributed by atoms with Gasteiger partial charge in [0, 0.05) is 15.5 Å². The molecule has 3 rings (SSSR count). The van der Waals surface area contributed by atoms with Gasteiger partial charge >= 0.3 is 16.9 Å². The molecule has 0 amide bonds. The van der Waals surface area contributed by atoms with Gasteiger partial charge in [-0.05, 0) is 37.1 Å². The van der Waals surface area contributed by atoms with Crippen LogP contribution in [-0.4, -0.2) is 30.1 Å². The highest BCUT2D eigenvalue weighted by molar-refractivity contribution is 8.02. The van der Waals surface area contributed by atoms with Gasteiger partial charge in [0.1, 0.15) is 0 Å². The van der Waals surface area contributed by atoms with E-state index in [2.05, 4.69) is 6.07 Å². The van der Waals surface area contributed by atoms with Gasteiger partial charge in [0.2, 0.25) is 0 Å². The minimum Gasteiger partial charge on any atom is -0.463 e. The molecule has 0 N–H and O–H groups in total. The summed E-state index contributed by atoms with van der Waals surface area (Å²) in [7, 11) is 0. The Labute approximate surface area is 137 Å². The highest BCUT2D eigenvalue weighted by Crippen LogP contribution is 2.48. The first kappa shape index (κ1) is 15.7. The van der Waals surface area contributed by atoms with Crippen molar-refractivity contribution in [1.29, 1.82) is 0 Å². The molecule has 0 unspecified atom stereocenters. The van der Waals surface area contributed by atoms with Gasteiger partial charge in [-0.25, -0.2) is 9.59 Å². The van der Waals surface area contributed by atoms with Crippen molar-refractivity contribution in [3.8, 4) is 0 Å². The zero-order valence-electron chi connectivity index (χ0n) is 12.3. The summed E-state index contributed by atoms with van der Waals surface area (Å²) in [5.74, 6) is -0.460. The third kappa shape index (κ3) is 2.51. The fourth-order valence-corrected chi connectivity index (χ4v) is 4.28. The molecule has 2 aliphatic heterocycles. The van der Waals surface area contributed by atoms with Crippen LogP contribution in [0.25, 0.3) is 0 Å². The first-order valence-corrected chi connectivity index (χ1v) is 8.87. The van der Waals surface area contributed by atoms with E-state index in [0.29, 0.717) is 0 Å². The molecule has 2 aliphatic rings. The smallest absolute Gasteiger partial charge is 0.361 e. The summed E-state index contributed by atoms with van der Waals surface area (Å²) in [6.07, 6.45) is 0. The third-order valence-electron chi connectivity index (χ3n) is 3.40. The first-order chi connectivity index (χ1) is 10.6. The predicted octanol–water partition coefficient (Wildman–Crippen LogP) is 2.74. The highest BCUT2D eigenvalue weighted by atomic mass is 32.2. The van der Waals surface area contributed by atoms with Gasteiger partial charge in [-0.1, -0.05) is 11.8 Å². The zero-order chi connectivity index (χ0) is 15.7. The summed E-state index contributed by atoms with van der Waals surface area (Å²) in [5, 5.41) is 0. The summed E-state index contributed by atoms with van der Waals surface area (Å²) in [6, 6.07) is 4.09. The van der Waals surface area contributed by atoms with E-state index in [1.807, 2.05) is 6.07 Å². The van der Waals surface area contributed by atoms with Crippen molar-refractivity contribution in [3.05, 3.63) is 23.3 Å². The van der Waals surface area contributed by atoms with Crippen molar-refractivity contribution in [1.82, 2.24) is 0 Å². The summed E-state index contributed by atoms with van der Waals surface area (Å²) < 4.78 is 15.7. The zero-order valence-corrected chi connectivity index (χ0v) is 14.0. The molecule has 0 saturated heterocycles. The van der Waals surface area contributed by atoms with Crippen LogP contribution in [0.15, 0.2) is 21.9 Å². The second-order valence-electron chi connectivity index (χ2n) is 4.80. The van der Waals surface area contributed by atoms with Crippen molar-refractivity contribution in [2.45, 2.75) is 40.9 Å². The molecule has 0 bridgehead atoms. The van der Waals surface area contributed by atoms with Crippen LogP contribution < -0.4 is 0 Å². The number of fused-ring (bicyclic) bond motifs is 2. The van der Waals surface area contributed by atoms with Crippen molar-refractivity contribution < 1.29 is 23.8 Å². The lowest BCUT2D eigenvalue weighted by atomic mass is 10.1. The van der Waals surface area contributed by atoms with E-state index in [1.165, 1.54) is 10.5 Å². The monoisotopic (exact) mass is 340 g/mol. The number of hydrogen-bond donors (Lipinski definition) is 0. The molecule has 0 fully saturated rings. The number of carbonyl (C=O) groups is 2. The Morgan fingerprint density at radius 2 is 1.77 bits per heavy atom. The lowest BCUT2D eigenvalue weighted by Crippen LogP contribution is -2.49. The van der Waals surface area contributed by atoms with Crippen LogP contribution in [0.2, 0.25) is 0 Å². The van der Waals surface area contributed by atoms with Crippen LogP contribution in [0.4, 0.5) is 0 Å². The predicted molar refractivity (Wildman–Crippen MR) is 82.6 cm³/mol. The van der Waals surface area contributed by atoms with Gasteiger partial charge in [0.25, 0.3) is 0 Å². The second kappa shape index (κ2) is 6.14. The molecule has 0 atom stereocenters. The number of rotatable bonds is 4. The average molecular weight is 340 g/mol. The van der Waals surface area contributed by atoms with E-state index in [4.69, 9.17) is 14.2 Å². The SMILES string of the molecule is CCOC(=O)C1(C(=O)OCC)OCc2cc3c(cc2S1)CS3. The lowest BCUT2D eigenvalue weighted by Gasteiger charge is -2.34. The maximum absolute atomic E-state index is 12.3. The molecule has 1 aromatic rings. The molecule has 2 heterocycles. The van der Waals surface area contributed by atoms with E-state index < -0.39 is 16.9 Å². The van der Waals surface area contributed by atoms with Gasteiger partial charge in [0.15, 0.2) is 0 Å². The van der Waals surface area contributed by atoms with Crippen molar-refractivity contribution >= 4 is 35.5 Å². The van der Waals surface area contributed by atoms with Gasteiger partial charge in [0.05, 0.1) is 19.8 Å². The van der Waals surface area contributed by atoms with Crippen LogP contribution in [0, 0.1) is 0 Å². The minimum absolute atomic E-state index is 0.178. The van der Waals surface area contributed by atoms with Gasteiger partial charge in [-0.2, -0.15) is 0 Å². The van der Waals surface area contributed by atoms with Crippen LogP contribution in [0.3, 0.4) is 0 Å². The maximum Gasteiger partial charge on any atom is 0.361 e. The number of thioether (sulfide) groups is 2. The maximum atomic E-state index is 12.3. The van der Waals surface area contributed by atoms with Gasteiger partial charge in [-0.3, -0.25) is 0 Å². The molecule has 0 aromatic heterocycles. The molecule has 22 heavy (non-hydrogen) atoms. The molecule has 1 aromatic carbocycles. The third-order valence-corrected chi connectivity index (χ3v) is 5.88. The lowest BCUT2D eigenvalue weighted by molar-refractivity contribution is -0.179. The minimum atomic E-state index is -1.76. The molecule has 7 heteroatoms. The quantitative estimate of drug-likeness (QED) is 0.617. The molecule has 5 nitrogen and oxygen atoms in total. The second-order valence-corrected chi connectivity index (χ2v) is 7.04. The Balaban J connectivity index is 1.95. The van der Waals surface area contributed by atoms with Crippen molar-refractivity contribution in [2.75, 3.05) is 13.2 Å². The largest absolute Gasteiger partial charge is 0.463 e. The van der Waals surface area contributed by atoms with Gasteiger partial charge in [-0.15, -0.1) is 11.8 Å². The fourth-order valence-electron chi connectivity index (χ4n) is 2.27. The Morgan fingerprint density at radius 1 is 1.14 bits per heavy atom. The molecule has 0 saturated carbocycles. The summed E-state index contributed by atoms with van der Waals surface area (Å²) in [6.45, 7) is 3.93. The Kier molecular flexibility index (Phi) is 4.38. The Hall–Kier alpha value is -1.18. The summed E-state index contributed by atoms with van der Waals surface area (Å²) in [5.41, 5.74) is 2.22. The molecule has 0 radical (unpaired) electrons. The van der Waals surface area contributed by atoms with Crippen LogP contribution in [0.1, 0.15) is 25.0 Å². The highest BCUT2D eigenvalue weighted by Gasteiger charge is 2.54. The number of benzene rings is 1. The molecule has 0 aliphatic carbocycles. The first-order valence-electron chi connectivity index (χ1n) is 7.06. The van der Waals surface area contributed by atoms with E-state index in [9.17, 15) is 9.59 Å². The van der Waals surface area contributed by atoms with E-state index >= 15 is 0 Å². The Bertz CT molecular complexity index is 611. The Morgan fingerprint density at radius 3 is 2.32 bits per heavy atom. The normalized spacial score (nSPS) is 17.7. The van der Waals surface area contributed by atoms with Crippen molar-refractivity contribution in [2.24, 2.45) is 0 Å². The fraction of sp³-hybridized carbons (Fsp3) is 0.467. The summed E-state index contributed by atoms with van der Waals surface area (Å²) in [4.78, 5) is 25.0. The number of carbonyl (C=O) groups excluding carboxylic acids is 2. The number of hydrogen-bond acceptors (Lipinski definition) is 7. The van der Waals surface area contributed by atoms with Crippen LogP contribution in [-0.2, 0) is 36.2 Å². The number of esters is 2. The summed E-state index contributed by atoms with van der Waals surface area (Å²) >= 11 is 2.86. The molecule has 0 spiro atoms. The molecular weight excluding hydrogens is 324 g/mol. The topological polar surface area (TPSA) is 61.8 Å². The standard InChI is InChI=1S/C15H16O5S2/c1-3-18-13(16)15(14(17)19-4-2)20-7-9-5-11-10(8-21-11)6-12(9)22-15/h5-6H,3-4,7-8H2,1-2H3. The van der Waals surface area contributed by atoms with Crippen LogP contribution >= 0.6 is 23.5 Å². The molecule has 118 valence electrons. The van der Waals surface area contributed by atoms with Crippen molar-refractivity contribution in [3.63, 3.8) is 0 Å². The van der Waals surface area contributed by atoms with E-state index in [0.717, 1.165) is 28.0 Å².